The van der Waals surface area contributed by atoms with E-state index in [1.165, 1.54) is 18.6 Å². The van der Waals surface area contributed by atoms with Gasteiger partial charge in [-0.3, -0.25) is 0 Å². The van der Waals surface area contributed by atoms with Gasteiger partial charge in [0.2, 0.25) is 0 Å². The van der Waals surface area contributed by atoms with Crippen molar-refractivity contribution in [2.45, 2.75) is 37.4 Å². The molecule has 20 heavy (non-hydrogen) atoms. The van der Waals surface area contributed by atoms with Crippen LogP contribution in [0.3, 0.4) is 0 Å². The van der Waals surface area contributed by atoms with Gasteiger partial charge in [-0.15, -0.1) is 0 Å². The van der Waals surface area contributed by atoms with Crippen LogP contribution in [-0.2, 0) is 10.2 Å². The molecular formula is C13H27N3O2S2. The monoisotopic (exact) mass is 321 g/mol. The molecule has 2 rings (SSSR count). The molecule has 0 radical (unpaired) electrons. The molecule has 0 spiro atoms. The Morgan fingerprint density at radius 2 is 1.90 bits per heavy atom. The fraction of sp³-hybridized carbons (Fsp3) is 1.00. The Bertz CT molecular complexity index is 375. The lowest BCUT2D eigenvalue weighted by Gasteiger charge is -2.31. The molecule has 0 aliphatic carbocycles. The van der Waals surface area contributed by atoms with Gasteiger partial charge in [0.15, 0.2) is 0 Å². The first kappa shape index (κ1) is 16.5. The smallest absolute Gasteiger partial charge is 0.279 e. The normalized spacial score (nSPS) is 26.8. The molecule has 2 heterocycles. The van der Waals surface area contributed by atoms with Crippen LogP contribution < -0.4 is 10.0 Å². The Kier molecular flexibility index (Phi) is 6.61. The van der Waals surface area contributed by atoms with Crippen LogP contribution in [0.5, 0.6) is 0 Å². The summed E-state index contributed by atoms with van der Waals surface area (Å²) in [5, 5.41) is 3.63. The molecule has 0 bridgehead atoms. The van der Waals surface area contributed by atoms with Gasteiger partial charge in [0.25, 0.3) is 10.2 Å². The largest absolute Gasteiger partial charge is 0.319 e. The lowest BCUT2D eigenvalue weighted by Crippen LogP contribution is -2.47. The summed E-state index contributed by atoms with van der Waals surface area (Å²) in [6, 6.07) is 0. The summed E-state index contributed by atoms with van der Waals surface area (Å²) in [5.41, 5.74) is 0. The van der Waals surface area contributed by atoms with Crippen LogP contribution >= 0.6 is 11.8 Å². The Hall–Kier alpha value is 0.180. The number of nitrogens with one attached hydrogen (secondary N) is 2. The Morgan fingerprint density at radius 3 is 2.50 bits per heavy atom. The minimum Gasteiger partial charge on any atom is -0.319 e. The second-order valence-corrected chi connectivity index (χ2v) is 8.91. The van der Waals surface area contributed by atoms with Crippen molar-refractivity contribution in [2.75, 3.05) is 39.0 Å². The first-order chi connectivity index (χ1) is 9.62. The average Bonchev–Trinajstić information content (AvgIpc) is 2.47. The first-order valence-electron chi connectivity index (χ1n) is 7.63. The maximum atomic E-state index is 12.3. The van der Waals surface area contributed by atoms with E-state index in [9.17, 15) is 8.42 Å². The van der Waals surface area contributed by atoms with E-state index in [2.05, 4.69) is 10.0 Å². The maximum absolute atomic E-state index is 12.3. The van der Waals surface area contributed by atoms with Crippen molar-refractivity contribution in [3.8, 4) is 0 Å². The highest BCUT2D eigenvalue weighted by molar-refractivity contribution is 8.00. The quantitative estimate of drug-likeness (QED) is 0.767. The van der Waals surface area contributed by atoms with Crippen molar-refractivity contribution >= 4 is 22.0 Å². The highest BCUT2D eigenvalue weighted by Gasteiger charge is 2.28. The highest BCUT2D eigenvalue weighted by Crippen LogP contribution is 2.25. The van der Waals surface area contributed by atoms with E-state index < -0.39 is 10.2 Å². The summed E-state index contributed by atoms with van der Waals surface area (Å²) >= 11 is 1.90. The fourth-order valence-electron chi connectivity index (χ4n) is 2.90. The Morgan fingerprint density at radius 1 is 1.15 bits per heavy atom. The molecule has 2 aliphatic rings. The molecule has 2 saturated heterocycles. The van der Waals surface area contributed by atoms with Gasteiger partial charge in [0.05, 0.1) is 0 Å². The lowest BCUT2D eigenvalue weighted by molar-refractivity contribution is 0.268. The molecule has 1 unspecified atom stereocenters. The van der Waals surface area contributed by atoms with Gasteiger partial charge in [-0.2, -0.15) is 24.5 Å². The van der Waals surface area contributed by atoms with E-state index in [1.807, 2.05) is 18.8 Å². The topological polar surface area (TPSA) is 61.4 Å². The summed E-state index contributed by atoms with van der Waals surface area (Å²) in [4.78, 5) is 0. The van der Waals surface area contributed by atoms with Crippen LogP contribution in [0.4, 0.5) is 0 Å². The van der Waals surface area contributed by atoms with Crippen LogP contribution in [0.2, 0.25) is 0 Å². The minimum atomic E-state index is -3.27. The van der Waals surface area contributed by atoms with Crippen LogP contribution in [0.25, 0.3) is 0 Å². The van der Waals surface area contributed by atoms with Crippen molar-refractivity contribution in [3.05, 3.63) is 0 Å². The van der Waals surface area contributed by atoms with Gasteiger partial charge in [0.1, 0.15) is 0 Å². The number of rotatable bonds is 6. The summed E-state index contributed by atoms with van der Waals surface area (Å²) in [7, 11) is -1.32. The molecule has 0 saturated carbocycles. The van der Waals surface area contributed by atoms with Crippen LogP contribution in [-0.4, -0.2) is 57.0 Å². The van der Waals surface area contributed by atoms with E-state index >= 15 is 0 Å². The molecule has 0 aromatic heterocycles. The molecule has 0 amide bonds. The SMILES string of the molecule is CNCC1CCN(S(=O)(=O)NCC2CCCCS2)CC1. The average molecular weight is 322 g/mol. The van der Waals surface area contributed by atoms with Crippen LogP contribution in [0.15, 0.2) is 0 Å². The number of hydrogen-bond acceptors (Lipinski definition) is 4. The number of thioether (sulfide) groups is 1. The summed E-state index contributed by atoms with van der Waals surface area (Å²) in [6.45, 7) is 2.88. The molecule has 118 valence electrons. The summed E-state index contributed by atoms with van der Waals surface area (Å²) < 4.78 is 29.0. The van der Waals surface area contributed by atoms with E-state index in [0.717, 1.165) is 25.8 Å². The molecule has 2 aliphatic heterocycles. The van der Waals surface area contributed by atoms with Crippen LogP contribution in [0, 0.1) is 5.92 Å². The van der Waals surface area contributed by atoms with E-state index in [1.54, 1.807) is 4.31 Å². The van der Waals surface area contributed by atoms with Crippen molar-refractivity contribution < 1.29 is 8.42 Å². The van der Waals surface area contributed by atoms with Gasteiger partial charge >= 0.3 is 0 Å². The van der Waals surface area contributed by atoms with Gasteiger partial charge in [-0.25, -0.2) is 4.72 Å². The van der Waals surface area contributed by atoms with Gasteiger partial charge in [-0.05, 0) is 50.9 Å². The maximum Gasteiger partial charge on any atom is 0.279 e. The predicted octanol–water partition coefficient (Wildman–Crippen LogP) is 1.04. The zero-order valence-electron chi connectivity index (χ0n) is 12.3. The van der Waals surface area contributed by atoms with E-state index in [-0.39, 0.29) is 0 Å². The van der Waals surface area contributed by atoms with E-state index in [0.29, 0.717) is 30.8 Å². The molecule has 7 heteroatoms. The van der Waals surface area contributed by atoms with E-state index in [4.69, 9.17) is 0 Å². The molecular weight excluding hydrogens is 294 g/mol. The highest BCUT2D eigenvalue weighted by atomic mass is 32.2. The number of hydrogen-bond donors (Lipinski definition) is 2. The summed E-state index contributed by atoms with van der Waals surface area (Å²) in [5.74, 6) is 1.78. The third kappa shape index (κ3) is 4.87. The van der Waals surface area contributed by atoms with Crippen molar-refractivity contribution in [1.29, 1.82) is 0 Å². The number of piperidine rings is 1. The molecule has 2 fully saturated rings. The first-order valence-corrected chi connectivity index (χ1v) is 10.1. The predicted molar refractivity (Wildman–Crippen MR) is 85.2 cm³/mol. The zero-order valence-corrected chi connectivity index (χ0v) is 13.9. The second kappa shape index (κ2) is 7.98. The molecule has 0 aromatic carbocycles. The van der Waals surface area contributed by atoms with Crippen molar-refractivity contribution in [3.63, 3.8) is 0 Å². The third-order valence-corrected chi connectivity index (χ3v) is 7.15. The second-order valence-electron chi connectivity index (χ2n) is 5.74. The molecule has 1 atom stereocenters. The van der Waals surface area contributed by atoms with Crippen molar-refractivity contribution in [1.82, 2.24) is 14.3 Å². The number of nitrogens with zero attached hydrogens (tertiary/aromatic N) is 1. The molecule has 5 nitrogen and oxygen atoms in total. The van der Waals surface area contributed by atoms with Gasteiger partial charge in [-0.1, -0.05) is 6.42 Å². The molecule has 0 aromatic rings. The zero-order chi connectivity index (χ0) is 14.4. The fourth-order valence-corrected chi connectivity index (χ4v) is 5.53. The van der Waals surface area contributed by atoms with Crippen molar-refractivity contribution in [2.24, 2.45) is 5.92 Å². The summed E-state index contributed by atoms with van der Waals surface area (Å²) in [6.07, 6.45) is 5.55. The molecule has 2 N–H and O–H groups in total. The lowest BCUT2D eigenvalue weighted by atomic mass is 9.98. The Balaban J connectivity index is 1.75. The minimum absolute atomic E-state index is 0.459. The standard InChI is InChI=1S/C13H27N3O2S2/c1-14-10-12-5-7-16(8-6-12)20(17,18)15-11-13-4-2-3-9-19-13/h12-15H,2-11H2,1H3. The Labute approximate surface area is 127 Å². The third-order valence-electron chi connectivity index (χ3n) is 4.17. The van der Waals surface area contributed by atoms with Gasteiger partial charge < -0.3 is 5.32 Å². The van der Waals surface area contributed by atoms with Crippen LogP contribution in [0.1, 0.15) is 32.1 Å². The van der Waals surface area contributed by atoms with Gasteiger partial charge in [0, 0.05) is 24.9 Å².